The number of benzene rings is 2. The zero-order valence-corrected chi connectivity index (χ0v) is 12.0. The molecular weight excluding hydrogens is 321 g/mol. The van der Waals surface area contributed by atoms with Crippen LogP contribution in [0.15, 0.2) is 42.5 Å². The Morgan fingerprint density at radius 2 is 1.86 bits per heavy atom. The predicted octanol–water partition coefficient (Wildman–Crippen LogP) is 5.36. The van der Waals surface area contributed by atoms with Gasteiger partial charge in [-0.2, -0.15) is 13.2 Å². The lowest BCUT2D eigenvalue weighted by Crippen LogP contribution is -2.04. The van der Waals surface area contributed by atoms with Gasteiger partial charge in [0.15, 0.2) is 4.77 Å². The number of nitrogens with one attached hydrogen (secondary N) is 1. The van der Waals surface area contributed by atoms with E-state index in [1.54, 1.807) is 28.8 Å². The van der Waals surface area contributed by atoms with Crippen LogP contribution in [0, 0.1) is 4.77 Å². The highest BCUT2D eigenvalue weighted by atomic mass is 35.5. The maximum absolute atomic E-state index is 12.7. The molecule has 0 atom stereocenters. The molecule has 108 valence electrons. The first-order valence-electron chi connectivity index (χ1n) is 5.94. The third-order valence-corrected chi connectivity index (χ3v) is 3.60. The third-order valence-electron chi connectivity index (χ3n) is 3.08. The number of nitrogens with zero attached hydrogens (tertiary/aromatic N) is 1. The summed E-state index contributed by atoms with van der Waals surface area (Å²) in [5, 5.41) is 0.524. The Morgan fingerprint density at radius 1 is 1.10 bits per heavy atom. The number of aromatic amines is 1. The van der Waals surface area contributed by atoms with E-state index in [1.165, 1.54) is 6.07 Å². The van der Waals surface area contributed by atoms with Gasteiger partial charge in [-0.05, 0) is 48.6 Å². The summed E-state index contributed by atoms with van der Waals surface area (Å²) in [4.78, 5) is 2.79. The van der Waals surface area contributed by atoms with Crippen LogP contribution < -0.4 is 0 Å². The lowest BCUT2D eigenvalue weighted by Gasteiger charge is -2.08. The van der Waals surface area contributed by atoms with Gasteiger partial charge in [-0.1, -0.05) is 17.7 Å². The summed E-state index contributed by atoms with van der Waals surface area (Å²) < 4.78 is 40.2. The van der Waals surface area contributed by atoms with Crippen LogP contribution in [0.1, 0.15) is 5.56 Å². The van der Waals surface area contributed by atoms with Gasteiger partial charge in [-0.15, -0.1) is 0 Å². The van der Waals surface area contributed by atoms with Crippen molar-refractivity contribution in [2.45, 2.75) is 6.18 Å². The van der Waals surface area contributed by atoms with Crippen LogP contribution in [-0.2, 0) is 6.18 Å². The first-order chi connectivity index (χ1) is 9.86. The minimum Gasteiger partial charge on any atom is -0.330 e. The minimum absolute atomic E-state index is 0.312. The smallest absolute Gasteiger partial charge is 0.330 e. The molecule has 2 nitrogen and oxygen atoms in total. The quantitative estimate of drug-likeness (QED) is 0.596. The second kappa shape index (κ2) is 4.89. The normalized spacial score (nSPS) is 12.0. The van der Waals surface area contributed by atoms with Crippen molar-refractivity contribution in [1.82, 2.24) is 9.55 Å². The Kier molecular flexibility index (Phi) is 3.30. The van der Waals surface area contributed by atoms with Gasteiger partial charge in [0.05, 0.1) is 16.6 Å². The minimum atomic E-state index is -4.39. The molecule has 7 heteroatoms. The molecule has 0 aliphatic heterocycles. The van der Waals surface area contributed by atoms with Gasteiger partial charge in [0, 0.05) is 10.7 Å². The van der Waals surface area contributed by atoms with Crippen LogP contribution in [0.3, 0.4) is 0 Å². The summed E-state index contributed by atoms with van der Waals surface area (Å²) in [6, 6.07) is 10.4. The van der Waals surface area contributed by atoms with E-state index in [-0.39, 0.29) is 0 Å². The topological polar surface area (TPSA) is 20.7 Å². The monoisotopic (exact) mass is 328 g/mol. The highest BCUT2D eigenvalue weighted by Gasteiger charge is 2.30. The summed E-state index contributed by atoms with van der Waals surface area (Å²) in [5.74, 6) is 0. The van der Waals surface area contributed by atoms with Crippen molar-refractivity contribution < 1.29 is 13.2 Å². The van der Waals surface area contributed by atoms with Gasteiger partial charge in [-0.3, -0.25) is 4.57 Å². The number of fused-ring (bicyclic) bond motifs is 1. The number of hydrogen-bond acceptors (Lipinski definition) is 1. The lowest BCUT2D eigenvalue weighted by atomic mass is 10.2. The van der Waals surface area contributed by atoms with Gasteiger partial charge in [-0.25, -0.2) is 0 Å². The third kappa shape index (κ3) is 2.56. The van der Waals surface area contributed by atoms with Crippen LogP contribution in [0.4, 0.5) is 13.2 Å². The Bertz CT molecular complexity index is 880. The summed E-state index contributed by atoms with van der Waals surface area (Å²) in [5.41, 5.74) is 0.869. The van der Waals surface area contributed by atoms with Crippen molar-refractivity contribution in [2.75, 3.05) is 0 Å². The summed E-state index contributed by atoms with van der Waals surface area (Å²) in [6.45, 7) is 0. The van der Waals surface area contributed by atoms with Crippen molar-refractivity contribution in [2.24, 2.45) is 0 Å². The first-order valence-corrected chi connectivity index (χ1v) is 6.73. The van der Waals surface area contributed by atoms with Crippen molar-refractivity contribution >= 4 is 34.9 Å². The highest BCUT2D eigenvalue weighted by Crippen LogP contribution is 2.32. The molecule has 3 aromatic rings. The molecular formula is C14H8ClF3N2S. The second-order valence-corrected chi connectivity index (χ2v) is 5.30. The lowest BCUT2D eigenvalue weighted by molar-refractivity contribution is -0.137. The molecule has 2 aromatic carbocycles. The first kappa shape index (κ1) is 14.2. The zero-order chi connectivity index (χ0) is 15.2. The van der Waals surface area contributed by atoms with E-state index in [1.807, 2.05) is 0 Å². The summed E-state index contributed by atoms with van der Waals surface area (Å²) >= 11 is 11.1. The van der Waals surface area contributed by atoms with Gasteiger partial charge in [0.2, 0.25) is 0 Å². The summed E-state index contributed by atoms with van der Waals surface area (Å²) in [7, 11) is 0. The Labute approximate surface area is 127 Å². The number of rotatable bonds is 1. The maximum atomic E-state index is 12.7. The van der Waals surface area contributed by atoms with Crippen molar-refractivity contribution in [3.63, 3.8) is 0 Å². The maximum Gasteiger partial charge on any atom is 0.416 e. The fraction of sp³-hybridized carbons (Fsp3) is 0.0714. The molecule has 21 heavy (non-hydrogen) atoms. The van der Waals surface area contributed by atoms with E-state index in [2.05, 4.69) is 4.98 Å². The number of alkyl halides is 3. The van der Waals surface area contributed by atoms with E-state index in [0.717, 1.165) is 12.1 Å². The predicted molar refractivity (Wildman–Crippen MR) is 78.5 cm³/mol. The number of aromatic nitrogens is 2. The number of halogens is 4. The Balaban J connectivity index is 2.26. The zero-order valence-electron chi connectivity index (χ0n) is 10.4. The second-order valence-electron chi connectivity index (χ2n) is 4.48. The van der Waals surface area contributed by atoms with Crippen LogP contribution in [0.5, 0.6) is 0 Å². The van der Waals surface area contributed by atoms with Crippen molar-refractivity contribution in [3.8, 4) is 5.69 Å². The highest BCUT2D eigenvalue weighted by molar-refractivity contribution is 7.71. The Morgan fingerprint density at radius 3 is 2.52 bits per heavy atom. The van der Waals surface area contributed by atoms with Crippen LogP contribution >= 0.6 is 23.8 Å². The molecule has 0 spiro atoms. The number of imidazole rings is 1. The molecule has 0 saturated heterocycles. The van der Waals surface area contributed by atoms with E-state index >= 15 is 0 Å². The van der Waals surface area contributed by atoms with E-state index in [4.69, 9.17) is 23.8 Å². The molecule has 0 saturated carbocycles. The van der Waals surface area contributed by atoms with Crippen LogP contribution in [-0.4, -0.2) is 9.55 Å². The van der Waals surface area contributed by atoms with Gasteiger partial charge < -0.3 is 4.98 Å². The standard InChI is InChI=1S/C14H8ClF3N2S/c15-9-2-1-3-10(7-9)20-12-5-4-8(14(16,17)18)6-11(12)19-13(20)21/h1-7H,(H,19,21). The SMILES string of the molecule is FC(F)(F)c1ccc2c(c1)[nH]c(=S)n2-c1cccc(Cl)c1. The molecule has 1 N–H and O–H groups in total. The molecule has 0 fully saturated rings. The number of hydrogen-bond donors (Lipinski definition) is 1. The molecule has 0 bridgehead atoms. The fourth-order valence-electron chi connectivity index (χ4n) is 2.16. The molecule has 1 aromatic heterocycles. The molecule has 0 radical (unpaired) electrons. The molecule has 0 aliphatic rings. The largest absolute Gasteiger partial charge is 0.416 e. The Hall–Kier alpha value is -1.79. The van der Waals surface area contributed by atoms with Crippen molar-refractivity contribution in [1.29, 1.82) is 0 Å². The average Bonchev–Trinajstić information content (AvgIpc) is 2.72. The van der Waals surface area contributed by atoms with Gasteiger partial charge in [0.25, 0.3) is 0 Å². The molecule has 1 heterocycles. The van der Waals surface area contributed by atoms with E-state index in [0.29, 0.717) is 26.5 Å². The molecule has 0 unspecified atom stereocenters. The van der Waals surface area contributed by atoms with E-state index in [9.17, 15) is 13.2 Å². The fourth-order valence-corrected chi connectivity index (χ4v) is 2.66. The number of H-pyrrole nitrogens is 1. The molecule has 0 amide bonds. The van der Waals surface area contributed by atoms with Gasteiger partial charge in [0.1, 0.15) is 0 Å². The van der Waals surface area contributed by atoms with Crippen molar-refractivity contribution in [3.05, 3.63) is 57.8 Å². The average molecular weight is 329 g/mol. The van der Waals surface area contributed by atoms with Gasteiger partial charge >= 0.3 is 6.18 Å². The molecule has 0 aliphatic carbocycles. The van der Waals surface area contributed by atoms with Crippen LogP contribution in [0.25, 0.3) is 16.7 Å². The van der Waals surface area contributed by atoms with E-state index < -0.39 is 11.7 Å². The molecule has 3 rings (SSSR count). The summed E-state index contributed by atoms with van der Waals surface area (Å²) in [6.07, 6.45) is -4.39. The van der Waals surface area contributed by atoms with Crippen LogP contribution in [0.2, 0.25) is 5.02 Å².